The lowest BCUT2D eigenvalue weighted by Crippen LogP contribution is -2.14. The zero-order valence-electron chi connectivity index (χ0n) is 28.7. The first-order valence-corrected chi connectivity index (χ1v) is 19.3. The molecule has 0 amide bonds. The van der Waals surface area contributed by atoms with Crippen molar-refractivity contribution in [1.82, 2.24) is 9.97 Å². The molecular weight excluding hydrogens is 732 g/mol. The van der Waals surface area contributed by atoms with Gasteiger partial charge in [-0.05, 0) is 42.2 Å². The summed E-state index contributed by atoms with van der Waals surface area (Å²) in [6.07, 6.45) is 4.32. The number of aliphatic hydroxyl groups excluding tert-OH is 1. The minimum Gasteiger partial charge on any atom is -0.383 e. The Bertz CT molecular complexity index is 2100. The van der Waals surface area contributed by atoms with E-state index in [4.69, 9.17) is 23.2 Å². The van der Waals surface area contributed by atoms with Gasteiger partial charge in [-0.2, -0.15) is 0 Å². The summed E-state index contributed by atoms with van der Waals surface area (Å²) in [6.45, 7) is 4.02. The summed E-state index contributed by atoms with van der Waals surface area (Å²) in [5, 5.41) is 12.9. The molecule has 0 aliphatic carbocycles. The lowest BCUT2D eigenvalue weighted by atomic mass is 9.91. The fourth-order valence-corrected chi connectivity index (χ4v) is 8.15. The molecule has 1 N–H and O–H groups in total. The number of halogens is 2. The number of carbonyl (C=O) groups is 3. The van der Waals surface area contributed by atoms with Gasteiger partial charge < -0.3 is 5.11 Å². The first-order chi connectivity index (χ1) is 25.2. The number of aliphatic hydroxyl groups is 1. The van der Waals surface area contributed by atoms with E-state index in [1.807, 2.05) is 86.6 Å². The van der Waals surface area contributed by atoms with Crippen molar-refractivity contribution in [3.8, 4) is 0 Å². The molecule has 4 aromatic carbocycles. The molecule has 0 saturated heterocycles. The van der Waals surface area contributed by atoms with Crippen molar-refractivity contribution in [2.45, 2.75) is 57.5 Å². The van der Waals surface area contributed by atoms with Crippen LogP contribution in [0.3, 0.4) is 0 Å². The normalized spacial score (nSPS) is 12.6. The van der Waals surface area contributed by atoms with Crippen LogP contribution in [0.2, 0.25) is 10.0 Å². The summed E-state index contributed by atoms with van der Waals surface area (Å²) in [4.78, 5) is 47.8. The van der Waals surface area contributed by atoms with Crippen molar-refractivity contribution in [2.24, 2.45) is 0 Å². The predicted octanol–water partition coefficient (Wildman–Crippen LogP) is 10.5. The van der Waals surface area contributed by atoms with Crippen molar-refractivity contribution in [3.05, 3.63) is 174 Å². The number of hydrogen-bond donors (Lipinski definition) is 1. The van der Waals surface area contributed by atoms with Crippen molar-refractivity contribution < 1.29 is 19.5 Å². The maximum atomic E-state index is 12.7. The van der Waals surface area contributed by atoms with Crippen LogP contribution in [0.4, 0.5) is 0 Å². The highest BCUT2D eigenvalue weighted by Gasteiger charge is 2.23. The molecule has 10 heteroatoms. The summed E-state index contributed by atoms with van der Waals surface area (Å²) < 4.78 is 0. The highest BCUT2D eigenvalue weighted by molar-refractivity contribution is 7.14. The fraction of sp³-hybridized carbons (Fsp3) is 0.214. The number of carbonyl (C=O) groups excluding carboxylic acids is 3. The Kier molecular flexibility index (Phi) is 14.2. The molecule has 6 aromatic rings. The number of aromatic nitrogens is 2. The topological polar surface area (TPSA) is 97.2 Å². The van der Waals surface area contributed by atoms with Crippen LogP contribution in [-0.2, 0) is 22.4 Å². The van der Waals surface area contributed by atoms with E-state index in [1.165, 1.54) is 28.9 Å². The van der Waals surface area contributed by atoms with E-state index in [2.05, 4.69) is 9.97 Å². The van der Waals surface area contributed by atoms with Gasteiger partial charge in [0.2, 0.25) is 5.78 Å². The molecule has 0 saturated carbocycles. The van der Waals surface area contributed by atoms with Gasteiger partial charge in [0.15, 0.2) is 0 Å². The zero-order chi connectivity index (χ0) is 37.0. The summed E-state index contributed by atoms with van der Waals surface area (Å²) in [5.41, 5.74) is 3.15. The molecule has 0 aliphatic rings. The molecule has 0 fully saturated rings. The molecule has 6 rings (SSSR count). The molecule has 0 spiro atoms. The van der Waals surface area contributed by atoms with E-state index in [0.717, 1.165) is 24.0 Å². The molecule has 0 bridgehead atoms. The molecule has 2 heterocycles. The van der Waals surface area contributed by atoms with Gasteiger partial charge in [0, 0.05) is 40.4 Å². The van der Waals surface area contributed by atoms with Gasteiger partial charge in [-0.25, -0.2) is 9.97 Å². The number of nitrogens with zero attached hydrogens (tertiary/aromatic N) is 2. The van der Waals surface area contributed by atoms with Gasteiger partial charge in [-0.3, -0.25) is 14.4 Å². The third-order valence-corrected chi connectivity index (χ3v) is 11.3. The molecule has 3 atom stereocenters. The van der Waals surface area contributed by atoms with Gasteiger partial charge in [0.1, 0.15) is 27.7 Å². The smallest absolute Gasteiger partial charge is 0.206 e. The summed E-state index contributed by atoms with van der Waals surface area (Å²) in [5.74, 6) is -0.182. The van der Waals surface area contributed by atoms with Gasteiger partial charge in [-0.15, -0.1) is 22.7 Å². The number of benzene rings is 4. The molecule has 6 nitrogen and oxygen atoms in total. The van der Waals surface area contributed by atoms with Gasteiger partial charge in [-0.1, -0.05) is 128 Å². The Labute approximate surface area is 322 Å². The van der Waals surface area contributed by atoms with E-state index in [9.17, 15) is 19.5 Å². The van der Waals surface area contributed by atoms with Gasteiger partial charge in [0.05, 0.1) is 27.6 Å². The van der Waals surface area contributed by atoms with E-state index in [1.54, 1.807) is 42.6 Å². The minimum absolute atomic E-state index is 0.116. The Morgan fingerprint density at radius 3 is 1.65 bits per heavy atom. The van der Waals surface area contributed by atoms with Crippen molar-refractivity contribution in [1.29, 1.82) is 0 Å². The molecular formula is C42H38Cl2N2O4S2. The monoisotopic (exact) mass is 768 g/mol. The van der Waals surface area contributed by atoms with E-state index in [-0.39, 0.29) is 42.0 Å². The molecule has 266 valence electrons. The van der Waals surface area contributed by atoms with Crippen molar-refractivity contribution in [2.75, 3.05) is 0 Å². The number of Topliss-reactive ketones (excluding diaryl/α,β-unsaturated/α-hetero) is 2. The second-order valence-electron chi connectivity index (χ2n) is 12.0. The van der Waals surface area contributed by atoms with Crippen LogP contribution in [0.25, 0.3) is 0 Å². The number of thiazole rings is 2. The highest BCUT2D eigenvalue weighted by atomic mass is 35.5. The third-order valence-electron chi connectivity index (χ3n) is 8.59. The fourth-order valence-electron chi connectivity index (χ4n) is 5.87. The zero-order valence-corrected chi connectivity index (χ0v) is 31.9. The molecule has 2 aromatic heterocycles. The lowest BCUT2D eigenvalue weighted by molar-refractivity contribution is -0.120. The second kappa shape index (κ2) is 19.0. The first kappa shape index (κ1) is 38.9. The maximum absolute atomic E-state index is 12.7. The van der Waals surface area contributed by atoms with Crippen LogP contribution in [0.15, 0.2) is 122 Å². The third kappa shape index (κ3) is 9.97. The predicted molar refractivity (Wildman–Crippen MR) is 211 cm³/mol. The number of rotatable bonds is 14. The minimum atomic E-state index is -0.832. The molecule has 52 heavy (non-hydrogen) atoms. The maximum Gasteiger partial charge on any atom is 0.206 e. The quantitative estimate of drug-likeness (QED) is 0.111. The Morgan fingerprint density at radius 1 is 0.635 bits per heavy atom. The Balaban J connectivity index is 0.000000201. The van der Waals surface area contributed by atoms with Gasteiger partial charge >= 0.3 is 0 Å². The van der Waals surface area contributed by atoms with Crippen LogP contribution in [0.5, 0.6) is 0 Å². The average Bonchev–Trinajstić information content (AvgIpc) is 3.83. The first-order valence-electron chi connectivity index (χ1n) is 17.0. The number of hydrogen-bond acceptors (Lipinski definition) is 8. The Morgan fingerprint density at radius 2 is 1.12 bits per heavy atom. The van der Waals surface area contributed by atoms with Crippen molar-refractivity contribution >= 4 is 63.2 Å². The van der Waals surface area contributed by atoms with E-state index >= 15 is 0 Å². The average molecular weight is 770 g/mol. The van der Waals surface area contributed by atoms with Crippen LogP contribution < -0.4 is 0 Å². The van der Waals surface area contributed by atoms with Crippen LogP contribution >= 0.6 is 45.9 Å². The van der Waals surface area contributed by atoms with E-state index < -0.39 is 6.10 Å². The molecule has 3 unspecified atom stereocenters. The summed E-state index contributed by atoms with van der Waals surface area (Å²) in [6, 6.07) is 33.7. The van der Waals surface area contributed by atoms with Crippen LogP contribution in [0.1, 0.15) is 91.4 Å². The second-order valence-corrected chi connectivity index (χ2v) is 15.1. The Hall–Kier alpha value is -4.31. The van der Waals surface area contributed by atoms with Crippen molar-refractivity contribution in [3.63, 3.8) is 0 Å². The molecule has 0 aliphatic heterocycles. The molecule has 0 radical (unpaired) electrons. The van der Waals surface area contributed by atoms with Crippen LogP contribution in [0, 0.1) is 0 Å². The number of ketones is 3. The lowest BCUT2D eigenvalue weighted by Gasteiger charge is -2.13. The summed E-state index contributed by atoms with van der Waals surface area (Å²) >= 11 is 14.9. The highest BCUT2D eigenvalue weighted by Crippen LogP contribution is 2.32. The SMILES string of the molecule is CCC(C(=O)Cc1ncc(C(=O)c2ccccc2Cl)s1)c1ccccc1.CCC(C(=O)Cc1ncc(C(O)c2ccccc2Cl)s1)c1ccccc1. The summed E-state index contributed by atoms with van der Waals surface area (Å²) in [7, 11) is 0. The standard InChI is InChI=1S/C21H20ClNO2S.C21H18ClNO2S/c2*1-2-15(14-8-4-3-5-9-14)18(24)12-20-23-13-19(26-20)21(25)16-10-6-7-11-17(16)22/h3-11,13,15,21,25H,2,12H2,1H3;3-11,13,15H,2,12H2,1H3. The largest absolute Gasteiger partial charge is 0.383 e. The van der Waals surface area contributed by atoms with Gasteiger partial charge in [0.25, 0.3) is 0 Å². The van der Waals surface area contributed by atoms with Crippen LogP contribution in [-0.4, -0.2) is 32.4 Å². The van der Waals surface area contributed by atoms with E-state index in [0.29, 0.717) is 40.9 Å².